The van der Waals surface area contributed by atoms with Gasteiger partial charge in [0.15, 0.2) is 0 Å². The quantitative estimate of drug-likeness (QED) is 0.572. The number of amides is 1. The number of benzene rings is 3. The molecule has 30 heavy (non-hydrogen) atoms. The van der Waals surface area contributed by atoms with Crippen LogP contribution in [-0.4, -0.2) is 14.3 Å². The highest BCUT2D eigenvalue weighted by Crippen LogP contribution is 2.18. The van der Waals surface area contributed by atoms with Gasteiger partial charge < -0.3 is 5.32 Å². The van der Waals surface area contributed by atoms with E-state index in [-0.39, 0.29) is 10.8 Å². The zero-order chi connectivity index (χ0) is 21.7. The molecule has 3 aromatic carbocycles. The molecule has 0 aliphatic carbocycles. The molecule has 0 saturated carbocycles. The van der Waals surface area contributed by atoms with Crippen molar-refractivity contribution in [3.8, 4) is 0 Å². The number of carbonyl (C=O) groups is 1. The van der Waals surface area contributed by atoms with Crippen LogP contribution < -0.4 is 10.0 Å². The third kappa shape index (κ3) is 5.48. The summed E-state index contributed by atoms with van der Waals surface area (Å²) in [5, 5.41) is 2.85. The first-order valence-corrected chi connectivity index (χ1v) is 11.3. The molecule has 0 heterocycles. The number of rotatable bonds is 7. The van der Waals surface area contributed by atoms with Gasteiger partial charge in [-0.25, -0.2) is 8.42 Å². The highest BCUT2D eigenvalue weighted by Gasteiger charge is 2.16. The van der Waals surface area contributed by atoms with Crippen LogP contribution in [0.1, 0.15) is 46.8 Å². The topological polar surface area (TPSA) is 75.3 Å². The number of sulfonamides is 1. The lowest BCUT2D eigenvalue weighted by Crippen LogP contribution is -2.23. The van der Waals surface area contributed by atoms with E-state index in [0.717, 1.165) is 11.1 Å². The molecule has 0 aliphatic rings. The van der Waals surface area contributed by atoms with Crippen LogP contribution in [0.5, 0.6) is 0 Å². The number of aryl methyl sites for hydroxylation is 1. The fourth-order valence-corrected chi connectivity index (χ4v) is 4.13. The van der Waals surface area contributed by atoms with Gasteiger partial charge in [0.2, 0.25) is 0 Å². The van der Waals surface area contributed by atoms with Crippen molar-refractivity contribution in [3.63, 3.8) is 0 Å². The van der Waals surface area contributed by atoms with Crippen molar-refractivity contribution in [3.05, 3.63) is 95.1 Å². The van der Waals surface area contributed by atoms with Crippen molar-refractivity contribution in [2.24, 2.45) is 0 Å². The first-order valence-electron chi connectivity index (χ1n) is 9.81. The highest BCUT2D eigenvalue weighted by atomic mass is 32.2. The lowest BCUT2D eigenvalue weighted by molar-refractivity contribution is 0.0950. The fraction of sp³-hybridized carbons (Fsp3) is 0.208. The van der Waals surface area contributed by atoms with Crippen LogP contribution in [0.2, 0.25) is 0 Å². The van der Waals surface area contributed by atoms with Crippen LogP contribution in [0.4, 0.5) is 5.69 Å². The van der Waals surface area contributed by atoms with Gasteiger partial charge in [-0.15, -0.1) is 0 Å². The smallest absolute Gasteiger partial charge is 0.261 e. The lowest BCUT2D eigenvalue weighted by atomic mass is 10.0. The molecule has 0 fully saturated rings. The minimum absolute atomic E-state index is 0.0398. The summed E-state index contributed by atoms with van der Waals surface area (Å²) < 4.78 is 28.0. The van der Waals surface area contributed by atoms with E-state index >= 15 is 0 Å². The molecule has 2 N–H and O–H groups in total. The fourth-order valence-electron chi connectivity index (χ4n) is 3.03. The Morgan fingerprint density at radius 2 is 1.63 bits per heavy atom. The molecule has 0 bridgehead atoms. The SMILES string of the molecule is Cc1cccc(NS(=O)(=O)c2cccc(C(=O)NCc3ccc(C(C)C)cc3)c2)c1. The monoisotopic (exact) mass is 422 g/mol. The molecule has 0 spiro atoms. The second-order valence-electron chi connectivity index (χ2n) is 7.58. The summed E-state index contributed by atoms with van der Waals surface area (Å²) in [6, 6.07) is 21.2. The van der Waals surface area contributed by atoms with E-state index in [1.807, 2.05) is 25.1 Å². The van der Waals surface area contributed by atoms with Gasteiger partial charge in [-0.3, -0.25) is 9.52 Å². The molecule has 0 radical (unpaired) electrons. The van der Waals surface area contributed by atoms with Gasteiger partial charge in [0.25, 0.3) is 15.9 Å². The third-order valence-corrected chi connectivity index (χ3v) is 6.16. The van der Waals surface area contributed by atoms with Crippen LogP contribution in [0, 0.1) is 6.92 Å². The first-order chi connectivity index (χ1) is 14.2. The normalized spacial score (nSPS) is 11.3. The minimum atomic E-state index is -3.80. The van der Waals surface area contributed by atoms with E-state index in [0.29, 0.717) is 23.7 Å². The summed E-state index contributed by atoms with van der Waals surface area (Å²) in [6.07, 6.45) is 0. The third-order valence-electron chi connectivity index (χ3n) is 4.78. The number of nitrogens with one attached hydrogen (secondary N) is 2. The molecule has 0 aliphatic heterocycles. The van der Waals surface area contributed by atoms with Crippen molar-refractivity contribution in [1.29, 1.82) is 0 Å². The summed E-state index contributed by atoms with van der Waals surface area (Å²) in [5.41, 5.74) is 3.95. The Hall–Kier alpha value is -3.12. The minimum Gasteiger partial charge on any atom is -0.348 e. The maximum absolute atomic E-state index is 12.7. The van der Waals surface area contributed by atoms with E-state index in [9.17, 15) is 13.2 Å². The van der Waals surface area contributed by atoms with Crippen LogP contribution in [0.25, 0.3) is 0 Å². The maximum atomic E-state index is 12.7. The molecule has 156 valence electrons. The summed E-state index contributed by atoms with van der Waals surface area (Å²) in [4.78, 5) is 12.6. The number of anilines is 1. The zero-order valence-corrected chi connectivity index (χ0v) is 18.2. The van der Waals surface area contributed by atoms with Gasteiger partial charge in [-0.1, -0.05) is 56.3 Å². The molecule has 6 heteroatoms. The maximum Gasteiger partial charge on any atom is 0.261 e. The summed E-state index contributed by atoms with van der Waals surface area (Å²) in [5.74, 6) is 0.127. The largest absolute Gasteiger partial charge is 0.348 e. The molecule has 0 aromatic heterocycles. The van der Waals surface area contributed by atoms with Gasteiger partial charge in [-0.2, -0.15) is 0 Å². The molecular weight excluding hydrogens is 396 g/mol. The molecule has 5 nitrogen and oxygen atoms in total. The van der Waals surface area contributed by atoms with Gasteiger partial charge in [0, 0.05) is 17.8 Å². The van der Waals surface area contributed by atoms with Crippen LogP contribution in [-0.2, 0) is 16.6 Å². The Kier molecular flexibility index (Phi) is 6.57. The summed E-state index contributed by atoms with van der Waals surface area (Å²) in [7, 11) is -3.80. The van der Waals surface area contributed by atoms with Crippen LogP contribution in [0.3, 0.4) is 0 Å². The molecule has 0 unspecified atom stereocenters. The van der Waals surface area contributed by atoms with Crippen molar-refractivity contribution in [1.82, 2.24) is 5.32 Å². The summed E-state index contributed by atoms with van der Waals surface area (Å²) >= 11 is 0. The highest BCUT2D eigenvalue weighted by molar-refractivity contribution is 7.92. The summed E-state index contributed by atoms with van der Waals surface area (Å²) in [6.45, 7) is 6.52. The average Bonchev–Trinajstić information content (AvgIpc) is 2.72. The molecular formula is C24H26N2O3S. The second-order valence-corrected chi connectivity index (χ2v) is 9.26. The molecule has 1 amide bonds. The molecule has 0 atom stereocenters. The van der Waals surface area contributed by atoms with Crippen molar-refractivity contribution >= 4 is 21.6 Å². The van der Waals surface area contributed by atoms with Crippen LogP contribution >= 0.6 is 0 Å². The van der Waals surface area contributed by atoms with Gasteiger partial charge in [0.05, 0.1) is 4.90 Å². The van der Waals surface area contributed by atoms with E-state index in [2.05, 4.69) is 36.0 Å². The number of carbonyl (C=O) groups excluding carboxylic acids is 1. The number of hydrogen-bond donors (Lipinski definition) is 2. The first kappa shape index (κ1) is 21.6. The average molecular weight is 423 g/mol. The van der Waals surface area contributed by atoms with Gasteiger partial charge in [0.1, 0.15) is 0 Å². The Labute approximate surface area is 178 Å². The Morgan fingerprint density at radius 1 is 0.933 bits per heavy atom. The Balaban J connectivity index is 1.70. The van der Waals surface area contributed by atoms with E-state index in [1.54, 1.807) is 30.3 Å². The predicted molar refractivity (Wildman–Crippen MR) is 120 cm³/mol. The van der Waals surface area contributed by atoms with E-state index in [1.165, 1.54) is 17.7 Å². The molecule has 3 aromatic rings. The Morgan fingerprint density at radius 3 is 2.30 bits per heavy atom. The van der Waals surface area contributed by atoms with E-state index < -0.39 is 10.0 Å². The molecule has 3 rings (SSSR count). The zero-order valence-electron chi connectivity index (χ0n) is 17.3. The Bertz CT molecular complexity index is 1140. The standard InChI is InChI=1S/C24H26N2O3S/c1-17(2)20-12-10-19(11-13-20)16-25-24(27)21-7-5-9-23(15-21)30(28,29)26-22-8-4-6-18(3)14-22/h4-15,17,26H,16H2,1-3H3,(H,25,27). The van der Waals surface area contributed by atoms with Crippen molar-refractivity contribution < 1.29 is 13.2 Å². The van der Waals surface area contributed by atoms with Gasteiger partial charge >= 0.3 is 0 Å². The number of hydrogen-bond acceptors (Lipinski definition) is 3. The van der Waals surface area contributed by atoms with Crippen molar-refractivity contribution in [2.75, 3.05) is 4.72 Å². The van der Waals surface area contributed by atoms with Crippen molar-refractivity contribution in [2.45, 2.75) is 38.1 Å². The van der Waals surface area contributed by atoms with E-state index in [4.69, 9.17) is 0 Å². The lowest BCUT2D eigenvalue weighted by Gasteiger charge is -2.11. The van der Waals surface area contributed by atoms with Gasteiger partial charge in [-0.05, 0) is 59.9 Å². The van der Waals surface area contributed by atoms with Crippen LogP contribution in [0.15, 0.2) is 77.7 Å². The molecule has 0 saturated heterocycles. The second kappa shape index (κ2) is 9.13. The predicted octanol–water partition coefficient (Wildman–Crippen LogP) is 4.85.